The molecule has 0 aromatic heterocycles. The Morgan fingerprint density at radius 2 is 1.62 bits per heavy atom. The third-order valence-electron chi connectivity index (χ3n) is 3.27. The second-order valence-electron chi connectivity index (χ2n) is 4.51. The largest absolute Gasteiger partial charge is 0.487 e. The predicted octanol–water partition coefficient (Wildman–Crippen LogP) is 2.40. The number of rotatable bonds is 0. The van der Waals surface area contributed by atoms with Crippen LogP contribution >= 0.6 is 0 Å². The van der Waals surface area contributed by atoms with Crippen LogP contribution in [0.1, 0.15) is 19.3 Å². The molecule has 0 bridgehead atoms. The first-order valence-electron chi connectivity index (χ1n) is 5.87. The minimum atomic E-state index is -0.225. The van der Waals surface area contributed by atoms with Crippen molar-refractivity contribution in [3.63, 3.8) is 0 Å². The van der Waals surface area contributed by atoms with Gasteiger partial charge >= 0.3 is 0 Å². The summed E-state index contributed by atoms with van der Waals surface area (Å²) in [6.45, 7) is 2.02. The second-order valence-corrected chi connectivity index (χ2v) is 4.51. The topological polar surface area (TPSA) is 27.7 Å². The molecule has 2 heterocycles. The van der Waals surface area contributed by atoms with E-state index in [1.165, 1.54) is 6.42 Å². The zero-order valence-corrected chi connectivity index (χ0v) is 9.28. The van der Waals surface area contributed by atoms with Gasteiger partial charge < -0.3 is 14.2 Å². The van der Waals surface area contributed by atoms with Crippen molar-refractivity contribution < 1.29 is 14.2 Å². The number of ether oxygens (including phenoxy) is 3. The van der Waals surface area contributed by atoms with Crippen molar-refractivity contribution >= 4 is 0 Å². The average Bonchev–Trinajstić information content (AvgIpc) is 2.52. The molecule has 0 aliphatic carbocycles. The molecule has 2 aliphatic rings. The van der Waals surface area contributed by atoms with Gasteiger partial charge in [-0.05, 0) is 31.4 Å². The zero-order chi connectivity index (χ0) is 10.8. The molecule has 3 nitrogen and oxygen atoms in total. The van der Waals surface area contributed by atoms with Crippen LogP contribution in [0.3, 0.4) is 0 Å². The smallest absolute Gasteiger partial charge is 0.161 e. The Morgan fingerprint density at radius 1 is 0.938 bits per heavy atom. The maximum atomic E-state index is 5.87. The molecule has 0 saturated carbocycles. The maximum absolute atomic E-state index is 5.87. The summed E-state index contributed by atoms with van der Waals surface area (Å²) in [6.07, 6.45) is 3.37. The van der Waals surface area contributed by atoms with E-state index in [1.807, 2.05) is 24.3 Å². The van der Waals surface area contributed by atoms with Crippen molar-refractivity contribution in [2.45, 2.75) is 24.9 Å². The van der Waals surface area contributed by atoms with Gasteiger partial charge in [-0.1, -0.05) is 12.1 Å². The van der Waals surface area contributed by atoms with Gasteiger partial charge in [0.15, 0.2) is 11.5 Å². The lowest BCUT2D eigenvalue weighted by atomic mass is 9.96. The van der Waals surface area contributed by atoms with E-state index in [2.05, 4.69) is 0 Å². The molecular weight excluding hydrogens is 204 g/mol. The van der Waals surface area contributed by atoms with E-state index in [4.69, 9.17) is 14.2 Å². The molecule has 0 unspecified atom stereocenters. The van der Waals surface area contributed by atoms with Crippen LogP contribution in [0.25, 0.3) is 0 Å². The number of fused-ring (bicyclic) bond motifs is 1. The highest BCUT2D eigenvalue weighted by Crippen LogP contribution is 2.34. The van der Waals surface area contributed by atoms with Crippen LogP contribution in [-0.2, 0) is 4.74 Å². The molecule has 0 atom stereocenters. The van der Waals surface area contributed by atoms with E-state index in [9.17, 15) is 0 Å². The summed E-state index contributed by atoms with van der Waals surface area (Å²) in [6, 6.07) is 7.80. The van der Waals surface area contributed by atoms with Crippen molar-refractivity contribution in [2.75, 3.05) is 19.8 Å². The minimum Gasteiger partial charge on any atom is -0.487 e. The van der Waals surface area contributed by atoms with Crippen molar-refractivity contribution in [3.05, 3.63) is 24.3 Å². The summed E-state index contributed by atoms with van der Waals surface area (Å²) in [5.74, 6) is 1.65. The van der Waals surface area contributed by atoms with E-state index >= 15 is 0 Å². The van der Waals surface area contributed by atoms with Crippen molar-refractivity contribution in [3.8, 4) is 11.5 Å². The highest BCUT2D eigenvalue weighted by atomic mass is 16.6. The summed E-state index contributed by atoms with van der Waals surface area (Å²) in [4.78, 5) is 0. The molecule has 1 aromatic rings. The molecule has 0 amide bonds. The first-order valence-corrected chi connectivity index (χ1v) is 5.87. The molecular formula is C13H16O3. The van der Waals surface area contributed by atoms with Crippen LogP contribution < -0.4 is 9.47 Å². The predicted molar refractivity (Wildman–Crippen MR) is 60.0 cm³/mol. The van der Waals surface area contributed by atoms with Crippen LogP contribution in [-0.4, -0.2) is 25.4 Å². The fourth-order valence-electron chi connectivity index (χ4n) is 2.29. The first-order chi connectivity index (χ1) is 7.88. The molecule has 0 N–H and O–H groups in total. The quantitative estimate of drug-likeness (QED) is 0.672. The second kappa shape index (κ2) is 3.98. The van der Waals surface area contributed by atoms with Crippen molar-refractivity contribution in [1.29, 1.82) is 0 Å². The molecule has 3 rings (SSSR count). The zero-order valence-electron chi connectivity index (χ0n) is 9.28. The minimum absolute atomic E-state index is 0.225. The highest BCUT2D eigenvalue weighted by molar-refractivity contribution is 5.40. The van der Waals surface area contributed by atoms with E-state index in [0.717, 1.165) is 30.9 Å². The van der Waals surface area contributed by atoms with Crippen LogP contribution in [0, 0.1) is 0 Å². The Labute approximate surface area is 95.3 Å². The van der Waals surface area contributed by atoms with Crippen LogP contribution in [0.5, 0.6) is 11.5 Å². The van der Waals surface area contributed by atoms with Crippen LogP contribution in [0.2, 0.25) is 0 Å². The van der Waals surface area contributed by atoms with E-state index < -0.39 is 0 Å². The fraction of sp³-hybridized carbons (Fsp3) is 0.538. The van der Waals surface area contributed by atoms with Gasteiger partial charge in [0.2, 0.25) is 0 Å². The number of benzene rings is 1. The van der Waals surface area contributed by atoms with Crippen LogP contribution in [0.15, 0.2) is 24.3 Å². The average molecular weight is 220 g/mol. The van der Waals surface area contributed by atoms with Gasteiger partial charge in [-0.2, -0.15) is 0 Å². The Kier molecular flexibility index (Phi) is 2.48. The van der Waals surface area contributed by atoms with Gasteiger partial charge in [-0.15, -0.1) is 0 Å². The van der Waals surface area contributed by atoms with Gasteiger partial charge in [0.25, 0.3) is 0 Å². The van der Waals surface area contributed by atoms with Crippen molar-refractivity contribution in [1.82, 2.24) is 0 Å². The number of hydrogen-bond donors (Lipinski definition) is 0. The van der Waals surface area contributed by atoms with E-state index in [0.29, 0.717) is 13.2 Å². The Morgan fingerprint density at radius 3 is 2.19 bits per heavy atom. The SMILES string of the molecule is c1ccc2c(c1)OCC1(CCCCO1)CO2. The van der Waals surface area contributed by atoms with E-state index in [1.54, 1.807) is 0 Å². The molecule has 16 heavy (non-hydrogen) atoms. The highest BCUT2D eigenvalue weighted by Gasteiger charge is 2.37. The Balaban J connectivity index is 1.81. The summed E-state index contributed by atoms with van der Waals surface area (Å²) in [7, 11) is 0. The van der Waals surface area contributed by atoms with Gasteiger partial charge in [0.05, 0.1) is 0 Å². The molecule has 2 aliphatic heterocycles. The van der Waals surface area contributed by atoms with Gasteiger partial charge in [-0.3, -0.25) is 0 Å². The third-order valence-corrected chi connectivity index (χ3v) is 3.27. The van der Waals surface area contributed by atoms with Crippen molar-refractivity contribution in [2.24, 2.45) is 0 Å². The monoisotopic (exact) mass is 220 g/mol. The fourth-order valence-corrected chi connectivity index (χ4v) is 2.29. The lowest BCUT2D eigenvalue weighted by molar-refractivity contribution is -0.115. The lowest BCUT2D eigenvalue weighted by Gasteiger charge is -2.34. The summed E-state index contributed by atoms with van der Waals surface area (Å²) in [5, 5.41) is 0. The number of para-hydroxylation sites is 2. The summed E-state index contributed by atoms with van der Waals surface area (Å²) < 4.78 is 17.5. The Hall–Kier alpha value is -1.22. The van der Waals surface area contributed by atoms with Gasteiger partial charge in [0.1, 0.15) is 18.8 Å². The molecule has 1 aromatic carbocycles. The molecule has 0 radical (unpaired) electrons. The first kappa shape index (κ1) is 9.97. The molecule has 1 fully saturated rings. The summed E-state index contributed by atoms with van der Waals surface area (Å²) >= 11 is 0. The summed E-state index contributed by atoms with van der Waals surface area (Å²) in [5.41, 5.74) is -0.225. The maximum Gasteiger partial charge on any atom is 0.161 e. The van der Waals surface area contributed by atoms with Gasteiger partial charge in [-0.25, -0.2) is 0 Å². The molecule has 1 spiro atoms. The third kappa shape index (κ3) is 1.76. The van der Waals surface area contributed by atoms with E-state index in [-0.39, 0.29) is 5.60 Å². The van der Waals surface area contributed by atoms with Crippen LogP contribution in [0.4, 0.5) is 0 Å². The standard InChI is InChI=1S/C13H16O3/c1-2-6-12-11(5-1)14-9-13(10-15-12)7-3-4-8-16-13/h1-2,5-6H,3-4,7-10H2. The lowest BCUT2D eigenvalue weighted by Crippen LogP contribution is -2.46. The molecule has 86 valence electrons. The van der Waals surface area contributed by atoms with Gasteiger partial charge in [0, 0.05) is 6.61 Å². The normalized spacial score (nSPS) is 22.8. The number of hydrogen-bond acceptors (Lipinski definition) is 3. The molecule has 3 heteroatoms. The molecule has 1 saturated heterocycles. The Bertz CT molecular complexity index is 340.